The molecule has 2 aliphatic carbocycles. The van der Waals surface area contributed by atoms with E-state index in [-0.39, 0.29) is 22.3 Å². The number of aliphatic hydroxyl groups is 2. The van der Waals surface area contributed by atoms with Gasteiger partial charge in [-0.25, -0.2) is 4.79 Å². The quantitative estimate of drug-likeness (QED) is 0.222. The number of benzene rings is 2. The number of hydrogen-bond acceptors (Lipinski definition) is 11. The highest BCUT2D eigenvalue weighted by Crippen LogP contribution is 2.52. The number of ether oxygens (including phenoxy) is 3. The fraction of sp³-hybridized carbons (Fsp3) is 0.429. The molecule has 0 unspecified atom stereocenters. The highest BCUT2D eigenvalue weighted by atomic mass is 19.4. The minimum absolute atomic E-state index is 0.0364. The number of hydrogen-bond donors (Lipinski definition) is 6. The molecule has 0 aromatic heterocycles. The SMILES string of the molecule is C[C@@H]1O[C@@H](O[C@H]2C[C@](O)(COC(N)=O)Cc3c(O)c4c(c(O)c32)C(=O)c2ccccc2C4=O)C[C@H](NC(=O)C(F)(F)F)[C@H]1O. The molecule has 3 aliphatic rings. The fourth-order valence-electron chi connectivity index (χ4n) is 5.90. The van der Waals surface area contributed by atoms with Crippen LogP contribution in [0.2, 0.25) is 0 Å². The summed E-state index contributed by atoms with van der Waals surface area (Å²) in [5.74, 6) is -5.40. The number of aliphatic hydroxyl groups excluding tert-OH is 1. The number of fused-ring (bicyclic) bond motifs is 3. The van der Waals surface area contributed by atoms with Gasteiger partial charge >= 0.3 is 18.2 Å². The van der Waals surface area contributed by atoms with Gasteiger partial charge in [0.2, 0.25) is 0 Å². The molecule has 5 rings (SSSR count). The summed E-state index contributed by atoms with van der Waals surface area (Å²) in [7, 11) is 0. The zero-order chi connectivity index (χ0) is 32.3. The standard InChI is InChI=1S/C28H27F3N2O11/c1-10-20(34)14(33-25(39)28(29,30)31)6-16(43-10)44-15-8-27(41,9-42-26(32)40)7-13-17(15)24(38)19-18(23(13)37)21(35)11-4-2-3-5-12(11)22(19)36/h2-5,10,14-16,20,34,37-38,41H,6-9H2,1H3,(H2,32,40)(H,33,39)/t10-,14-,15-,16-,20-,27-/m0/s1. The number of primary amides is 1. The van der Waals surface area contributed by atoms with Crippen LogP contribution >= 0.6 is 0 Å². The van der Waals surface area contributed by atoms with Crippen molar-refractivity contribution in [2.75, 3.05) is 6.61 Å². The van der Waals surface area contributed by atoms with E-state index < -0.39 is 114 Å². The molecule has 2 aromatic carbocycles. The lowest BCUT2D eigenvalue weighted by Crippen LogP contribution is -2.57. The van der Waals surface area contributed by atoms with Crippen molar-refractivity contribution in [2.24, 2.45) is 5.73 Å². The molecule has 7 N–H and O–H groups in total. The molecule has 44 heavy (non-hydrogen) atoms. The average molecular weight is 625 g/mol. The topological polar surface area (TPSA) is 215 Å². The first-order chi connectivity index (χ1) is 20.5. The van der Waals surface area contributed by atoms with Crippen molar-refractivity contribution >= 4 is 23.6 Å². The lowest BCUT2D eigenvalue weighted by Gasteiger charge is -2.43. The van der Waals surface area contributed by atoms with Gasteiger partial charge in [0.1, 0.15) is 29.8 Å². The van der Waals surface area contributed by atoms with Gasteiger partial charge in [-0.3, -0.25) is 14.4 Å². The second-order valence-electron chi connectivity index (χ2n) is 11.0. The van der Waals surface area contributed by atoms with Gasteiger partial charge in [-0.1, -0.05) is 24.3 Å². The lowest BCUT2D eigenvalue weighted by atomic mass is 9.73. The van der Waals surface area contributed by atoms with Crippen LogP contribution in [0.5, 0.6) is 11.5 Å². The van der Waals surface area contributed by atoms with Crippen molar-refractivity contribution in [1.29, 1.82) is 0 Å². The highest BCUT2D eigenvalue weighted by Gasteiger charge is 2.49. The number of ketones is 2. The van der Waals surface area contributed by atoms with E-state index in [2.05, 4.69) is 0 Å². The number of phenols is 2. The molecule has 0 radical (unpaired) electrons. The van der Waals surface area contributed by atoms with E-state index in [1.54, 1.807) is 5.32 Å². The zero-order valence-corrected chi connectivity index (χ0v) is 22.9. The monoisotopic (exact) mass is 624 g/mol. The number of nitrogens with two attached hydrogens (primary N) is 1. The smallest absolute Gasteiger partial charge is 0.471 e. The van der Waals surface area contributed by atoms with E-state index in [0.717, 1.165) is 0 Å². The Morgan fingerprint density at radius 2 is 1.70 bits per heavy atom. The fourth-order valence-corrected chi connectivity index (χ4v) is 5.90. The van der Waals surface area contributed by atoms with Crippen molar-refractivity contribution < 1.29 is 67.0 Å². The Morgan fingerprint density at radius 3 is 2.27 bits per heavy atom. The summed E-state index contributed by atoms with van der Waals surface area (Å²) in [4.78, 5) is 49.8. The second-order valence-corrected chi connectivity index (χ2v) is 11.0. The summed E-state index contributed by atoms with van der Waals surface area (Å²) in [6.45, 7) is 0.569. The number of phenolic OH excluding ortho intramolecular Hbond substituents is 2. The molecule has 13 nitrogen and oxygen atoms in total. The van der Waals surface area contributed by atoms with E-state index in [0.29, 0.717) is 0 Å². The van der Waals surface area contributed by atoms with Crippen LogP contribution in [0.15, 0.2) is 24.3 Å². The van der Waals surface area contributed by atoms with Gasteiger partial charge in [0, 0.05) is 41.5 Å². The predicted molar refractivity (Wildman–Crippen MR) is 139 cm³/mol. The second kappa shape index (κ2) is 11.0. The molecule has 2 amide bonds. The Kier molecular flexibility index (Phi) is 7.82. The summed E-state index contributed by atoms with van der Waals surface area (Å²) in [6.07, 6.45) is -13.8. The zero-order valence-electron chi connectivity index (χ0n) is 22.9. The largest absolute Gasteiger partial charge is 0.507 e. The molecule has 2 aromatic rings. The summed E-state index contributed by atoms with van der Waals surface area (Å²) >= 11 is 0. The molecule has 1 fully saturated rings. The molecular formula is C28H27F3N2O11. The van der Waals surface area contributed by atoms with Crippen LogP contribution in [0, 0.1) is 0 Å². The third-order valence-electron chi connectivity index (χ3n) is 7.93. The van der Waals surface area contributed by atoms with Gasteiger partial charge in [-0.05, 0) is 6.92 Å². The Bertz CT molecular complexity index is 1560. The first kappa shape index (κ1) is 31.2. The number of amides is 2. The van der Waals surface area contributed by atoms with Crippen LogP contribution in [0.4, 0.5) is 18.0 Å². The van der Waals surface area contributed by atoms with E-state index >= 15 is 0 Å². The highest BCUT2D eigenvalue weighted by molar-refractivity contribution is 6.30. The average Bonchev–Trinajstić information content (AvgIpc) is 2.94. The molecule has 16 heteroatoms. The van der Waals surface area contributed by atoms with Crippen molar-refractivity contribution in [3.63, 3.8) is 0 Å². The molecule has 1 saturated heterocycles. The van der Waals surface area contributed by atoms with E-state index in [9.17, 15) is 52.8 Å². The molecular weight excluding hydrogens is 597 g/mol. The van der Waals surface area contributed by atoms with Crippen molar-refractivity contribution in [3.05, 3.63) is 57.6 Å². The summed E-state index contributed by atoms with van der Waals surface area (Å²) in [6, 6.07) is 4.22. The number of aromatic hydroxyl groups is 2. The first-order valence-electron chi connectivity index (χ1n) is 13.3. The summed E-state index contributed by atoms with van der Waals surface area (Å²) in [5, 5.41) is 46.3. The van der Waals surface area contributed by atoms with Gasteiger partial charge in [-0.15, -0.1) is 0 Å². The van der Waals surface area contributed by atoms with Crippen LogP contribution < -0.4 is 11.1 Å². The Morgan fingerprint density at radius 1 is 1.11 bits per heavy atom. The number of rotatable bonds is 5. The summed E-state index contributed by atoms with van der Waals surface area (Å²) < 4.78 is 55.1. The number of carbonyl (C=O) groups is 4. The van der Waals surface area contributed by atoms with Crippen LogP contribution in [0.3, 0.4) is 0 Å². The van der Waals surface area contributed by atoms with E-state index in [1.165, 1.54) is 31.2 Å². The van der Waals surface area contributed by atoms with E-state index in [4.69, 9.17) is 19.9 Å². The Labute approximate surface area is 246 Å². The van der Waals surface area contributed by atoms with E-state index in [1.807, 2.05) is 0 Å². The van der Waals surface area contributed by atoms with Crippen molar-refractivity contribution in [3.8, 4) is 11.5 Å². The third-order valence-corrected chi connectivity index (χ3v) is 7.93. The van der Waals surface area contributed by atoms with Crippen LogP contribution in [-0.2, 0) is 25.4 Å². The predicted octanol–water partition coefficient (Wildman–Crippen LogP) is 1.25. The van der Waals surface area contributed by atoms with Gasteiger partial charge in [0.05, 0.1) is 29.4 Å². The molecule has 1 heterocycles. The third kappa shape index (κ3) is 5.45. The van der Waals surface area contributed by atoms with Gasteiger partial charge in [0.25, 0.3) is 0 Å². The normalized spacial score (nSPS) is 28.0. The Balaban J connectivity index is 1.57. The number of halogens is 3. The van der Waals surface area contributed by atoms with Crippen LogP contribution in [0.1, 0.15) is 68.8 Å². The molecule has 0 bridgehead atoms. The molecule has 6 atom stereocenters. The van der Waals surface area contributed by atoms with Crippen molar-refractivity contribution in [2.45, 2.75) is 68.6 Å². The molecule has 0 spiro atoms. The first-order valence-corrected chi connectivity index (χ1v) is 13.3. The number of nitrogens with one attached hydrogen (secondary N) is 1. The van der Waals surface area contributed by atoms with Crippen molar-refractivity contribution in [1.82, 2.24) is 5.32 Å². The Hall–Kier alpha value is -4.25. The van der Waals surface area contributed by atoms with Gasteiger partial charge < -0.3 is 45.7 Å². The minimum atomic E-state index is -5.25. The summed E-state index contributed by atoms with van der Waals surface area (Å²) in [5.41, 5.74) is 1.42. The van der Waals surface area contributed by atoms with Gasteiger partial charge in [0.15, 0.2) is 17.9 Å². The minimum Gasteiger partial charge on any atom is -0.507 e. The maximum absolute atomic E-state index is 13.5. The number of alkyl halides is 3. The number of carbonyl (C=O) groups excluding carboxylic acids is 4. The lowest BCUT2D eigenvalue weighted by molar-refractivity contribution is -0.252. The maximum atomic E-state index is 13.5. The maximum Gasteiger partial charge on any atom is 0.471 e. The van der Waals surface area contributed by atoms with Crippen LogP contribution in [-0.4, -0.2) is 86.9 Å². The molecule has 1 aliphatic heterocycles. The van der Waals surface area contributed by atoms with Gasteiger partial charge in [-0.2, -0.15) is 13.2 Å². The molecule has 236 valence electrons. The van der Waals surface area contributed by atoms with Crippen LogP contribution in [0.25, 0.3) is 0 Å². The molecule has 0 saturated carbocycles.